The number of aromatic nitrogens is 1. The van der Waals surface area contributed by atoms with E-state index in [4.69, 9.17) is 4.98 Å². The number of rotatable bonds is 5. The lowest BCUT2D eigenvalue weighted by Crippen LogP contribution is -2.22. The third-order valence-electron chi connectivity index (χ3n) is 5.71. The van der Waals surface area contributed by atoms with E-state index in [-0.39, 0.29) is 0 Å². The number of aryl methyl sites for hydroxylation is 2. The second-order valence-corrected chi connectivity index (χ2v) is 10.3. The largest absolute Gasteiger partial charge is 0.354 e. The Morgan fingerprint density at radius 3 is 2.20 bits per heavy atom. The zero-order valence-corrected chi connectivity index (χ0v) is 18.6. The third kappa shape index (κ3) is 4.12. The number of hydrogen-bond donors (Lipinski definition) is 2. The van der Waals surface area contributed by atoms with E-state index >= 15 is 0 Å². The van der Waals surface area contributed by atoms with Crippen molar-refractivity contribution >= 4 is 21.6 Å². The molecule has 0 saturated carbocycles. The number of nitrogens with one attached hydrogen (secondary N) is 2. The molecule has 0 radical (unpaired) electrons. The molecule has 8 heteroatoms. The Morgan fingerprint density at radius 1 is 1.07 bits per heavy atom. The summed E-state index contributed by atoms with van der Waals surface area (Å²) in [6.07, 6.45) is 5.85. The maximum absolute atomic E-state index is 13.4. The summed E-state index contributed by atoms with van der Waals surface area (Å²) in [5.41, 5.74) is 6.41. The van der Waals surface area contributed by atoms with Gasteiger partial charge >= 0.3 is 6.03 Å². The molecule has 0 aliphatic heterocycles. The Balaban J connectivity index is 1.63. The zero-order valence-electron chi connectivity index (χ0n) is 17.8. The van der Waals surface area contributed by atoms with E-state index < -0.39 is 15.9 Å². The van der Waals surface area contributed by atoms with Crippen molar-refractivity contribution in [2.75, 3.05) is 26.5 Å². The van der Waals surface area contributed by atoms with Crippen LogP contribution in [0.4, 0.5) is 10.5 Å². The van der Waals surface area contributed by atoms with Crippen LogP contribution in [0, 0.1) is 0 Å². The van der Waals surface area contributed by atoms with E-state index in [1.807, 2.05) is 26.2 Å². The van der Waals surface area contributed by atoms with Crippen LogP contribution in [-0.2, 0) is 42.1 Å². The van der Waals surface area contributed by atoms with Crippen LogP contribution < -0.4 is 10.0 Å². The average Bonchev–Trinajstić information content (AvgIpc) is 3.37. The molecule has 1 heterocycles. The molecule has 1 aromatic carbocycles. The molecule has 2 aliphatic rings. The fourth-order valence-electron chi connectivity index (χ4n) is 4.34. The monoisotopic (exact) mass is 427 g/mol. The maximum atomic E-state index is 13.4. The number of carbonyl (C=O) groups is 1. The Bertz CT molecular complexity index is 1050. The molecule has 4 rings (SSSR count). The highest BCUT2D eigenvalue weighted by Gasteiger charge is 2.26. The van der Waals surface area contributed by atoms with E-state index in [2.05, 4.69) is 19.3 Å². The molecular weight excluding hydrogens is 398 g/mol. The lowest BCUT2D eigenvalue weighted by atomic mass is 10.1. The van der Waals surface area contributed by atoms with Gasteiger partial charge < -0.3 is 10.2 Å². The summed E-state index contributed by atoms with van der Waals surface area (Å²) in [4.78, 5) is 20.2. The van der Waals surface area contributed by atoms with Gasteiger partial charge in [0, 0.05) is 17.9 Å². The normalized spacial score (nSPS) is 16.8. The van der Waals surface area contributed by atoms with Gasteiger partial charge in [0.1, 0.15) is 9.92 Å². The third-order valence-corrected chi connectivity index (χ3v) is 7.60. The number of nitrogens with zero attached hydrogens (tertiary/aromatic N) is 3. The Morgan fingerprint density at radius 2 is 1.67 bits per heavy atom. The van der Waals surface area contributed by atoms with Crippen LogP contribution in [0.25, 0.3) is 0 Å². The van der Waals surface area contributed by atoms with Gasteiger partial charge in [0.25, 0.3) is 0 Å². The fraction of sp³-hybridized carbons (Fsp3) is 0.455. The first-order valence-corrected chi connectivity index (χ1v) is 11.9. The van der Waals surface area contributed by atoms with Crippen LogP contribution >= 0.6 is 0 Å². The molecular formula is C22H29N5O2S. The SMILES string of the molecule is CN[S@@](=O)(=NC(=O)Nc1c2c(nc3c1CCC3)CCC2)c1ccc(CN(C)C)cc1. The molecule has 30 heavy (non-hydrogen) atoms. The second-order valence-electron chi connectivity index (χ2n) is 8.18. The Labute approximate surface area is 178 Å². The fourth-order valence-corrected chi connectivity index (χ4v) is 5.56. The van der Waals surface area contributed by atoms with E-state index in [0.717, 1.165) is 78.8 Å². The molecule has 2 aliphatic carbocycles. The van der Waals surface area contributed by atoms with Crippen molar-refractivity contribution in [2.24, 2.45) is 4.36 Å². The first kappa shape index (κ1) is 21.0. The standard InChI is InChI=1S/C22H29N5O2S/c1-23-30(29,16-12-10-15(11-13-16)14-27(2)3)26-22(28)25-21-17-6-4-8-19(17)24-20-9-5-7-18(20)21/h10-13H,4-9,14H2,1-3H3,(H2,23,24,25,26,28,29)/t30-/m1/s1. The summed E-state index contributed by atoms with van der Waals surface area (Å²) >= 11 is 0. The molecule has 160 valence electrons. The van der Waals surface area contributed by atoms with E-state index in [1.54, 1.807) is 19.2 Å². The Hall–Kier alpha value is -2.29. The molecule has 1 aromatic heterocycles. The molecule has 0 fully saturated rings. The topological polar surface area (TPSA) is 86.7 Å². The highest BCUT2D eigenvalue weighted by Crippen LogP contribution is 2.36. The average molecular weight is 428 g/mol. The van der Waals surface area contributed by atoms with E-state index in [0.29, 0.717) is 4.90 Å². The molecule has 0 unspecified atom stereocenters. The van der Waals surface area contributed by atoms with Crippen molar-refractivity contribution in [3.8, 4) is 0 Å². The number of pyridine rings is 1. The molecule has 7 nitrogen and oxygen atoms in total. The van der Waals surface area contributed by atoms with Gasteiger partial charge in [-0.05, 0) is 88.5 Å². The molecule has 0 spiro atoms. The highest BCUT2D eigenvalue weighted by atomic mass is 32.2. The highest BCUT2D eigenvalue weighted by molar-refractivity contribution is 7.92. The van der Waals surface area contributed by atoms with Crippen molar-refractivity contribution in [1.82, 2.24) is 14.6 Å². The van der Waals surface area contributed by atoms with E-state index in [9.17, 15) is 9.00 Å². The number of anilines is 1. The summed E-state index contributed by atoms with van der Waals surface area (Å²) in [5, 5.41) is 2.97. The van der Waals surface area contributed by atoms with Crippen LogP contribution in [0.3, 0.4) is 0 Å². The zero-order chi connectivity index (χ0) is 21.3. The van der Waals surface area contributed by atoms with Crippen LogP contribution in [0.1, 0.15) is 40.9 Å². The molecule has 2 amide bonds. The lowest BCUT2D eigenvalue weighted by molar-refractivity contribution is 0.260. The summed E-state index contributed by atoms with van der Waals surface area (Å²) in [6, 6.07) is 6.80. The van der Waals surface area contributed by atoms with Gasteiger partial charge in [0.05, 0.1) is 10.6 Å². The number of urea groups is 1. The smallest absolute Gasteiger partial charge is 0.305 e. The van der Waals surface area contributed by atoms with Gasteiger partial charge in [0.15, 0.2) is 0 Å². The van der Waals surface area contributed by atoms with Gasteiger partial charge in [-0.1, -0.05) is 12.1 Å². The number of amides is 2. The number of hydrogen-bond acceptors (Lipinski definition) is 4. The number of carbonyl (C=O) groups excluding carboxylic acids is 1. The lowest BCUT2D eigenvalue weighted by Gasteiger charge is -2.15. The van der Waals surface area contributed by atoms with Gasteiger partial charge in [-0.25, -0.2) is 13.7 Å². The first-order chi connectivity index (χ1) is 14.4. The van der Waals surface area contributed by atoms with Gasteiger partial charge in [0.2, 0.25) is 0 Å². The maximum Gasteiger partial charge on any atom is 0.354 e. The minimum atomic E-state index is -3.06. The van der Waals surface area contributed by atoms with Gasteiger partial charge in [-0.2, -0.15) is 0 Å². The minimum Gasteiger partial charge on any atom is -0.305 e. The van der Waals surface area contributed by atoms with Crippen molar-refractivity contribution in [2.45, 2.75) is 50.0 Å². The molecule has 0 bridgehead atoms. The summed E-state index contributed by atoms with van der Waals surface area (Å²) in [5.74, 6) is 0. The molecule has 2 N–H and O–H groups in total. The van der Waals surface area contributed by atoms with Gasteiger partial charge in [-0.3, -0.25) is 4.98 Å². The molecule has 1 atom stereocenters. The predicted molar refractivity (Wildman–Crippen MR) is 119 cm³/mol. The van der Waals surface area contributed by atoms with Crippen LogP contribution in [-0.4, -0.2) is 41.3 Å². The van der Waals surface area contributed by atoms with Crippen molar-refractivity contribution < 1.29 is 9.00 Å². The van der Waals surface area contributed by atoms with Crippen molar-refractivity contribution in [1.29, 1.82) is 0 Å². The quantitative estimate of drug-likeness (QED) is 0.766. The van der Waals surface area contributed by atoms with Crippen LogP contribution in [0.15, 0.2) is 33.5 Å². The number of fused-ring (bicyclic) bond motifs is 2. The second kappa shape index (κ2) is 8.45. The van der Waals surface area contributed by atoms with Crippen molar-refractivity contribution in [3.05, 3.63) is 52.3 Å². The first-order valence-electron chi connectivity index (χ1n) is 10.4. The Kier molecular flexibility index (Phi) is 5.90. The van der Waals surface area contributed by atoms with Crippen molar-refractivity contribution in [3.63, 3.8) is 0 Å². The summed E-state index contributed by atoms with van der Waals surface area (Å²) in [7, 11) is 2.49. The van der Waals surface area contributed by atoms with Crippen LogP contribution in [0.2, 0.25) is 0 Å². The minimum absolute atomic E-state index is 0.493. The summed E-state index contributed by atoms with van der Waals surface area (Å²) in [6.45, 7) is 0.789. The van der Waals surface area contributed by atoms with Gasteiger partial charge in [-0.15, -0.1) is 4.36 Å². The summed E-state index contributed by atoms with van der Waals surface area (Å²) < 4.78 is 20.2. The van der Waals surface area contributed by atoms with E-state index in [1.165, 1.54) is 0 Å². The predicted octanol–water partition coefficient (Wildman–Crippen LogP) is 3.31. The molecule has 2 aromatic rings. The number of benzene rings is 1. The molecule has 0 saturated heterocycles. The van der Waals surface area contributed by atoms with Crippen LogP contribution in [0.5, 0.6) is 0 Å².